The van der Waals surface area contributed by atoms with Crippen molar-refractivity contribution in [3.8, 4) is 0 Å². The highest BCUT2D eigenvalue weighted by molar-refractivity contribution is 7.10. The maximum absolute atomic E-state index is 8.01. The molecular weight excluding hydrogens is 204 g/mol. The summed E-state index contributed by atoms with van der Waals surface area (Å²) in [5.41, 5.74) is 0. The number of nitrogens with zero attached hydrogens (tertiary/aromatic N) is 1. The first-order valence-electron chi connectivity index (χ1n) is 5.70. The van der Waals surface area contributed by atoms with Crippen LogP contribution in [0.15, 0.2) is 17.5 Å². The van der Waals surface area contributed by atoms with Crippen LogP contribution in [-0.2, 0) is 0 Å². The van der Waals surface area contributed by atoms with Crippen LogP contribution in [0.4, 0.5) is 0 Å². The number of piperidine rings is 1. The second-order valence-corrected chi connectivity index (χ2v) is 5.02. The maximum atomic E-state index is 8.01. The largest absolute Gasteiger partial charge is 0.353 e. The third-order valence-electron chi connectivity index (χ3n) is 3.04. The molecule has 1 aromatic heterocycles. The fourth-order valence-corrected chi connectivity index (χ4v) is 3.18. The number of nitrogens with one attached hydrogen (secondary N) is 1. The molecule has 1 saturated heterocycles. The number of likely N-dealkylation sites (tertiary alicyclic amines) is 1. The topological polar surface area (TPSA) is 27.1 Å². The minimum Gasteiger partial charge on any atom is -0.353 e. The zero-order valence-corrected chi connectivity index (χ0v) is 10.0. The molecule has 0 aliphatic carbocycles. The minimum absolute atomic E-state index is 0.442. The fraction of sp³-hybridized carbons (Fsp3) is 0.583. The van der Waals surface area contributed by atoms with Gasteiger partial charge in [0, 0.05) is 17.8 Å². The molecule has 0 radical (unpaired) electrons. The van der Waals surface area contributed by atoms with E-state index in [0.717, 1.165) is 25.2 Å². The Labute approximate surface area is 95.4 Å². The first kappa shape index (κ1) is 10.7. The summed E-state index contributed by atoms with van der Waals surface area (Å²) in [6.07, 6.45) is 4.49. The van der Waals surface area contributed by atoms with Gasteiger partial charge in [-0.2, -0.15) is 0 Å². The molecule has 1 aliphatic heterocycles. The van der Waals surface area contributed by atoms with Crippen molar-refractivity contribution >= 4 is 17.2 Å². The van der Waals surface area contributed by atoms with Crippen LogP contribution >= 0.6 is 11.3 Å². The third kappa shape index (κ3) is 2.23. The highest BCUT2D eigenvalue weighted by Gasteiger charge is 2.23. The average Bonchev–Trinajstić information content (AvgIpc) is 2.75. The lowest BCUT2D eigenvalue weighted by Gasteiger charge is -2.35. The van der Waals surface area contributed by atoms with Gasteiger partial charge in [0.25, 0.3) is 0 Å². The van der Waals surface area contributed by atoms with Crippen molar-refractivity contribution in [2.75, 3.05) is 6.54 Å². The first-order valence-corrected chi connectivity index (χ1v) is 6.58. The van der Waals surface area contributed by atoms with Crippen LogP contribution < -0.4 is 0 Å². The Morgan fingerprint density at radius 3 is 3.00 bits per heavy atom. The van der Waals surface area contributed by atoms with Crippen LogP contribution in [0.1, 0.15) is 43.5 Å². The highest BCUT2D eigenvalue weighted by atomic mass is 32.1. The van der Waals surface area contributed by atoms with Crippen molar-refractivity contribution in [2.45, 2.75) is 38.6 Å². The number of amidine groups is 1. The summed E-state index contributed by atoms with van der Waals surface area (Å²) in [4.78, 5) is 3.69. The van der Waals surface area contributed by atoms with Crippen molar-refractivity contribution < 1.29 is 0 Å². The van der Waals surface area contributed by atoms with Gasteiger partial charge in [-0.05, 0) is 30.7 Å². The van der Waals surface area contributed by atoms with Gasteiger partial charge in [-0.15, -0.1) is 11.3 Å². The van der Waals surface area contributed by atoms with E-state index in [1.165, 1.54) is 17.7 Å². The molecule has 0 saturated carbocycles. The number of rotatable bonds is 3. The minimum atomic E-state index is 0.442. The molecule has 1 aliphatic rings. The summed E-state index contributed by atoms with van der Waals surface area (Å²) in [5.74, 6) is 0.835. The van der Waals surface area contributed by atoms with Crippen molar-refractivity contribution in [3.63, 3.8) is 0 Å². The van der Waals surface area contributed by atoms with E-state index in [2.05, 4.69) is 29.3 Å². The van der Waals surface area contributed by atoms with Gasteiger partial charge in [0.1, 0.15) is 0 Å². The molecule has 1 atom stereocenters. The van der Waals surface area contributed by atoms with Gasteiger partial charge >= 0.3 is 0 Å². The smallest absolute Gasteiger partial charge is 0.0963 e. The second kappa shape index (κ2) is 4.79. The number of hydrogen-bond donors (Lipinski definition) is 1. The van der Waals surface area contributed by atoms with Crippen LogP contribution in [0.3, 0.4) is 0 Å². The summed E-state index contributed by atoms with van der Waals surface area (Å²) in [6.45, 7) is 3.28. The molecule has 15 heavy (non-hydrogen) atoms. The predicted octanol–water partition coefficient (Wildman–Crippen LogP) is 3.66. The molecule has 1 fully saturated rings. The molecule has 0 amide bonds. The Balaban J connectivity index is 2.15. The van der Waals surface area contributed by atoms with Gasteiger partial charge in [-0.3, -0.25) is 5.41 Å². The number of thiophene rings is 1. The molecule has 2 heterocycles. The number of hydrogen-bond acceptors (Lipinski definition) is 2. The van der Waals surface area contributed by atoms with Crippen LogP contribution in [0.5, 0.6) is 0 Å². The molecular formula is C12H18N2S. The zero-order chi connectivity index (χ0) is 10.7. The molecule has 1 aromatic rings. The van der Waals surface area contributed by atoms with Gasteiger partial charge in [-0.1, -0.05) is 13.0 Å². The third-order valence-corrected chi connectivity index (χ3v) is 4.02. The molecule has 82 valence electrons. The molecule has 2 nitrogen and oxygen atoms in total. The lowest BCUT2D eigenvalue weighted by atomic mass is 10.0. The molecule has 1 unspecified atom stereocenters. The van der Waals surface area contributed by atoms with E-state index in [1.807, 2.05) is 11.3 Å². The molecule has 2 rings (SSSR count). The van der Waals surface area contributed by atoms with Crippen molar-refractivity contribution in [1.82, 2.24) is 4.90 Å². The van der Waals surface area contributed by atoms with Crippen LogP contribution in [-0.4, -0.2) is 17.3 Å². The van der Waals surface area contributed by atoms with Crippen molar-refractivity contribution in [2.24, 2.45) is 0 Å². The Bertz CT molecular complexity index is 318. The lowest BCUT2D eigenvalue weighted by molar-refractivity contribution is 0.279. The van der Waals surface area contributed by atoms with Crippen molar-refractivity contribution in [1.29, 1.82) is 5.41 Å². The Morgan fingerprint density at radius 1 is 1.53 bits per heavy atom. The predicted molar refractivity (Wildman–Crippen MR) is 65.6 cm³/mol. The Hall–Kier alpha value is -0.830. The van der Waals surface area contributed by atoms with E-state index < -0.39 is 0 Å². The van der Waals surface area contributed by atoms with Gasteiger partial charge in [-0.25, -0.2) is 0 Å². The van der Waals surface area contributed by atoms with Crippen LogP contribution in [0.25, 0.3) is 0 Å². The monoisotopic (exact) mass is 222 g/mol. The Morgan fingerprint density at radius 2 is 2.40 bits per heavy atom. The van der Waals surface area contributed by atoms with Crippen LogP contribution in [0.2, 0.25) is 0 Å². The van der Waals surface area contributed by atoms with Crippen LogP contribution in [0, 0.1) is 5.41 Å². The molecule has 3 heteroatoms. The van der Waals surface area contributed by atoms with Crippen molar-refractivity contribution in [3.05, 3.63) is 22.4 Å². The van der Waals surface area contributed by atoms with E-state index in [-0.39, 0.29) is 0 Å². The van der Waals surface area contributed by atoms with E-state index in [1.54, 1.807) is 0 Å². The summed E-state index contributed by atoms with van der Waals surface area (Å²) >= 11 is 1.81. The van der Waals surface area contributed by atoms with E-state index >= 15 is 0 Å². The van der Waals surface area contributed by atoms with Gasteiger partial charge in [0.2, 0.25) is 0 Å². The molecule has 0 spiro atoms. The lowest BCUT2D eigenvalue weighted by Crippen LogP contribution is -2.37. The Kier molecular flexibility index (Phi) is 3.41. The fourth-order valence-electron chi connectivity index (χ4n) is 2.25. The molecule has 1 N–H and O–H groups in total. The highest BCUT2D eigenvalue weighted by Crippen LogP contribution is 2.30. The normalized spacial score (nSPS) is 19.3. The summed E-state index contributed by atoms with van der Waals surface area (Å²) in [7, 11) is 0. The van der Waals surface area contributed by atoms with E-state index in [9.17, 15) is 0 Å². The average molecular weight is 222 g/mol. The summed E-state index contributed by atoms with van der Waals surface area (Å²) < 4.78 is 0. The quantitative estimate of drug-likeness (QED) is 0.830. The first-order chi connectivity index (χ1) is 7.33. The molecule has 0 aromatic carbocycles. The van der Waals surface area contributed by atoms with Gasteiger partial charge in [0.05, 0.1) is 11.9 Å². The SMILES string of the molecule is CCC(c1cccs1)N1CCCCC1=N. The van der Waals surface area contributed by atoms with E-state index in [4.69, 9.17) is 5.41 Å². The maximum Gasteiger partial charge on any atom is 0.0963 e. The summed E-state index contributed by atoms with van der Waals surface area (Å²) in [5, 5.41) is 10.1. The standard InChI is InChI=1S/C12H18N2S/c1-2-10(11-6-5-9-15-11)14-8-4-3-7-12(14)13/h5-6,9-10,13H,2-4,7-8H2,1H3. The van der Waals surface area contributed by atoms with Gasteiger partial charge < -0.3 is 4.90 Å². The van der Waals surface area contributed by atoms with Gasteiger partial charge in [0.15, 0.2) is 0 Å². The second-order valence-electron chi connectivity index (χ2n) is 4.04. The van der Waals surface area contributed by atoms with E-state index in [0.29, 0.717) is 6.04 Å². The molecule has 0 bridgehead atoms. The summed E-state index contributed by atoms with van der Waals surface area (Å²) in [6, 6.07) is 4.74. The zero-order valence-electron chi connectivity index (χ0n) is 9.20.